The molecule has 0 fully saturated rings. The van der Waals surface area contributed by atoms with Gasteiger partial charge in [0, 0.05) is 34.1 Å². The zero-order chi connectivity index (χ0) is 37.7. The molecule has 0 radical (unpaired) electrons. The predicted octanol–water partition coefficient (Wildman–Crippen LogP) is 12.6. The van der Waals surface area contributed by atoms with Crippen LogP contribution in [0.15, 0.2) is 97.1 Å². The van der Waals surface area contributed by atoms with Gasteiger partial charge >= 0.3 is 27.2 Å². The molecule has 0 bridgehead atoms. The first-order chi connectivity index (χ1) is 24.5. The molecule has 0 N–H and O–H groups in total. The third-order valence-corrected chi connectivity index (χ3v) is 9.68. The van der Waals surface area contributed by atoms with Crippen molar-refractivity contribution in [3.63, 3.8) is 0 Å². The molecule has 0 saturated carbocycles. The van der Waals surface area contributed by atoms with Gasteiger partial charge in [-0.3, -0.25) is 0 Å². The summed E-state index contributed by atoms with van der Waals surface area (Å²) in [5.74, 6) is 0. The van der Waals surface area contributed by atoms with E-state index >= 15 is 0 Å². The Balaban J connectivity index is 0.00000178. The summed E-state index contributed by atoms with van der Waals surface area (Å²) in [6.07, 6.45) is -4.57. The number of para-hydroxylation sites is 2. The zero-order valence-corrected chi connectivity index (χ0v) is 33.4. The van der Waals surface area contributed by atoms with E-state index in [9.17, 15) is 13.2 Å². The topological polar surface area (TPSA) is 36.8 Å². The standard InChI is InChI=1S/C43H42F3N4.CN.Pt/c1-28-21-39-40(22-29(28)2)50(27-48(39)34-19-15-31(16-20-34)42(6,7)8)36-24-32(43(44,45)46)23-35(25-36)49-26-47(37-11-9-10-12-38(37)49)33-17-13-30(14-18-33)41(3,4)5;1-2;/h9-24,26-27H,1-8H3;;/q-3;-1;+4. The maximum atomic E-state index is 14.7. The molecule has 7 rings (SSSR count). The van der Waals surface area contributed by atoms with Crippen LogP contribution in [0.2, 0.25) is 0 Å². The van der Waals surface area contributed by atoms with Gasteiger partial charge in [-0.15, -0.1) is 42.9 Å². The summed E-state index contributed by atoms with van der Waals surface area (Å²) < 4.78 is 44.1. The fraction of sp³-hybridized carbons (Fsp3) is 0.250. The number of halogens is 3. The maximum Gasteiger partial charge on any atom is 4.00 e. The van der Waals surface area contributed by atoms with Gasteiger partial charge in [-0.1, -0.05) is 83.5 Å². The van der Waals surface area contributed by atoms with Crippen LogP contribution in [0.25, 0.3) is 0 Å². The number of nitrogens with zero attached hydrogens (tertiary/aromatic N) is 5. The molecular weight excluding hydrogens is 851 g/mol. The van der Waals surface area contributed by atoms with E-state index in [1.54, 1.807) is 4.90 Å². The monoisotopic (exact) mass is 892 g/mol. The van der Waals surface area contributed by atoms with Crippen LogP contribution in [0.5, 0.6) is 0 Å². The van der Waals surface area contributed by atoms with Crippen molar-refractivity contribution in [2.75, 3.05) is 19.6 Å². The van der Waals surface area contributed by atoms with E-state index in [1.807, 2.05) is 65.3 Å². The minimum atomic E-state index is -4.57. The molecule has 2 aliphatic rings. The first kappa shape index (κ1) is 39.5. The van der Waals surface area contributed by atoms with Crippen LogP contribution >= 0.6 is 0 Å². The number of benzene rings is 5. The molecule has 5 aromatic rings. The molecule has 2 aliphatic heterocycles. The molecule has 53 heavy (non-hydrogen) atoms. The van der Waals surface area contributed by atoms with E-state index < -0.39 is 11.7 Å². The first-order valence-corrected chi connectivity index (χ1v) is 17.1. The van der Waals surface area contributed by atoms with Crippen LogP contribution in [-0.2, 0) is 38.1 Å². The number of hydrogen-bond donors (Lipinski definition) is 0. The van der Waals surface area contributed by atoms with E-state index in [1.165, 1.54) is 23.3 Å². The smallest absolute Gasteiger partial charge is 0.512 e. The second kappa shape index (κ2) is 14.6. The summed E-state index contributed by atoms with van der Waals surface area (Å²) in [5.41, 5.74) is 9.56. The van der Waals surface area contributed by atoms with Gasteiger partial charge < -0.3 is 31.4 Å². The van der Waals surface area contributed by atoms with Gasteiger partial charge in [-0.2, -0.15) is 13.2 Å². The predicted molar refractivity (Wildman–Crippen MR) is 205 cm³/mol. The van der Waals surface area contributed by atoms with Crippen LogP contribution < -0.4 is 19.6 Å². The van der Waals surface area contributed by atoms with Gasteiger partial charge in [0.25, 0.3) is 0 Å². The van der Waals surface area contributed by atoms with Crippen molar-refractivity contribution < 1.29 is 34.2 Å². The van der Waals surface area contributed by atoms with Crippen molar-refractivity contribution in [3.8, 4) is 0 Å². The molecule has 0 amide bonds. The summed E-state index contributed by atoms with van der Waals surface area (Å²) in [6.45, 7) is 25.6. The van der Waals surface area contributed by atoms with Crippen molar-refractivity contribution in [2.45, 2.75) is 72.4 Å². The van der Waals surface area contributed by atoms with Crippen molar-refractivity contribution in [2.24, 2.45) is 0 Å². The maximum absolute atomic E-state index is 14.7. The van der Waals surface area contributed by atoms with Gasteiger partial charge in [-0.25, -0.2) is 0 Å². The quantitative estimate of drug-likeness (QED) is 0.168. The molecule has 0 spiro atoms. The number of rotatable bonds is 4. The van der Waals surface area contributed by atoms with Crippen LogP contribution in [0.1, 0.15) is 69.4 Å². The molecule has 0 aliphatic carbocycles. The third-order valence-electron chi connectivity index (χ3n) is 9.68. The van der Waals surface area contributed by atoms with E-state index in [0.29, 0.717) is 11.4 Å². The molecule has 274 valence electrons. The molecule has 0 saturated heterocycles. The number of anilines is 8. The largest absolute Gasteiger partial charge is 4.00 e. The minimum absolute atomic E-state index is 0. The van der Waals surface area contributed by atoms with Crippen molar-refractivity contribution >= 4 is 45.5 Å². The zero-order valence-electron chi connectivity index (χ0n) is 31.1. The summed E-state index contributed by atoms with van der Waals surface area (Å²) >= 11 is 0. The van der Waals surface area contributed by atoms with Crippen LogP contribution in [0, 0.1) is 45.1 Å². The molecule has 0 atom stereocenters. The summed E-state index contributed by atoms with van der Waals surface area (Å²) in [5, 5.41) is 6.25. The average Bonchev–Trinajstić information content (AvgIpc) is 3.67. The number of aryl methyl sites for hydroxylation is 2. The molecule has 2 heterocycles. The average molecular weight is 893 g/mol. The van der Waals surface area contributed by atoms with E-state index in [0.717, 1.165) is 45.3 Å². The van der Waals surface area contributed by atoms with Gasteiger partial charge in [-0.05, 0) is 95.5 Å². The molecular formula is C44H42F3N5Pt. The molecule has 0 unspecified atom stereocenters. The Morgan fingerprint density at radius 1 is 0.528 bits per heavy atom. The Kier molecular flexibility index (Phi) is 10.9. The van der Waals surface area contributed by atoms with Crippen LogP contribution in [0.3, 0.4) is 0 Å². The molecule has 9 heteroatoms. The second-order valence-corrected chi connectivity index (χ2v) is 15.4. The fourth-order valence-electron chi connectivity index (χ4n) is 6.53. The van der Waals surface area contributed by atoms with E-state index in [2.05, 4.69) is 109 Å². The normalized spacial score (nSPS) is 14.0. The summed E-state index contributed by atoms with van der Waals surface area (Å²) in [6, 6.07) is 34.4. The van der Waals surface area contributed by atoms with Crippen LogP contribution in [0.4, 0.5) is 58.7 Å². The summed E-state index contributed by atoms with van der Waals surface area (Å²) in [4.78, 5) is 7.68. The third kappa shape index (κ3) is 7.69. The van der Waals surface area contributed by atoms with Gasteiger partial charge in [0.05, 0.1) is 0 Å². The Morgan fingerprint density at radius 2 is 0.887 bits per heavy atom. The van der Waals surface area contributed by atoms with E-state index in [-0.39, 0.29) is 31.9 Å². The summed E-state index contributed by atoms with van der Waals surface area (Å²) in [7, 11) is 0. The number of alkyl halides is 3. The SMILES string of the molecule is Cc1cc2c(cc1C)N(c1ccc(C(C)(C)C)cc1)[CH-]N2c1[c-]c(N2[CH-]N(c3ccc(C(C)(C)C)cc3)c3ccccc32)cc(C(F)(F)F)c1.[C-]#N.[Pt+4]. The minimum Gasteiger partial charge on any atom is -0.512 e. The fourth-order valence-corrected chi connectivity index (χ4v) is 6.53. The first-order valence-electron chi connectivity index (χ1n) is 17.1. The van der Waals surface area contributed by atoms with Crippen molar-refractivity contribution in [1.82, 2.24) is 0 Å². The Hall–Kier alpha value is -4.73. The van der Waals surface area contributed by atoms with Crippen molar-refractivity contribution in [3.05, 3.63) is 151 Å². The Bertz CT molecular complexity index is 2110. The Morgan fingerprint density at radius 3 is 1.28 bits per heavy atom. The van der Waals surface area contributed by atoms with Gasteiger partial charge in [0.1, 0.15) is 0 Å². The van der Waals surface area contributed by atoms with E-state index in [4.69, 9.17) is 11.8 Å². The number of fused-ring (bicyclic) bond motifs is 2. The molecule has 0 aromatic heterocycles. The second-order valence-electron chi connectivity index (χ2n) is 15.4. The van der Waals surface area contributed by atoms with Crippen molar-refractivity contribution in [1.29, 1.82) is 5.26 Å². The Labute approximate surface area is 326 Å². The number of hydrogen-bond acceptors (Lipinski definition) is 5. The van der Waals surface area contributed by atoms with Gasteiger partial charge in [0.15, 0.2) is 0 Å². The van der Waals surface area contributed by atoms with Gasteiger partial charge in [0.2, 0.25) is 0 Å². The molecule has 5 nitrogen and oxygen atoms in total. The molecule has 5 aromatic carbocycles. The van der Waals surface area contributed by atoms with Crippen LogP contribution in [-0.4, -0.2) is 0 Å².